The number of hydrogen-bond acceptors (Lipinski definition) is 4. The molecule has 0 aliphatic heterocycles. The molecule has 1 aliphatic rings. The summed E-state index contributed by atoms with van der Waals surface area (Å²) in [7, 11) is 0. The number of nitrogens with one attached hydrogen (secondary N) is 1. The minimum absolute atomic E-state index is 0.0212. The van der Waals surface area contributed by atoms with Crippen molar-refractivity contribution in [3.8, 4) is 10.6 Å². The fourth-order valence-electron chi connectivity index (χ4n) is 3.80. The first-order valence-corrected chi connectivity index (χ1v) is 10.7. The van der Waals surface area contributed by atoms with Crippen molar-refractivity contribution in [3.05, 3.63) is 70.2 Å². The van der Waals surface area contributed by atoms with E-state index in [0.717, 1.165) is 47.6 Å². The lowest BCUT2D eigenvalue weighted by molar-refractivity contribution is -0.121. The van der Waals surface area contributed by atoms with Crippen LogP contribution in [0.5, 0.6) is 0 Å². The lowest BCUT2D eigenvalue weighted by Gasteiger charge is -2.26. The zero-order valence-electron chi connectivity index (χ0n) is 16.1. The van der Waals surface area contributed by atoms with Crippen LogP contribution in [-0.2, 0) is 24.1 Å². The number of anilines is 1. The van der Waals surface area contributed by atoms with E-state index in [1.54, 1.807) is 11.3 Å². The zero-order valence-corrected chi connectivity index (χ0v) is 16.9. The Balaban J connectivity index is 1.42. The Labute approximate surface area is 169 Å². The number of carbonyl (C=O) groups is 1. The van der Waals surface area contributed by atoms with Crippen molar-refractivity contribution in [1.82, 2.24) is 10.3 Å². The van der Waals surface area contributed by atoms with E-state index in [1.165, 1.54) is 16.7 Å². The molecule has 144 valence electrons. The Hall–Kier alpha value is -2.66. The van der Waals surface area contributed by atoms with E-state index < -0.39 is 0 Å². The quantitative estimate of drug-likeness (QED) is 0.620. The number of fused-ring (bicyclic) bond motifs is 1. The van der Waals surface area contributed by atoms with Crippen LogP contribution in [0.1, 0.15) is 48.2 Å². The number of rotatable bonds is 5. The number of nitrogens with two attached hydrogens (primary N) is 1. The van der Waals surface area contributed by atoms with E-state index in [4.69, 9.17) is 5.73 Å². The van der Waals surface area contributed by atoms with Crippen LogP contribution in [0.25, 0.3) is 10.6 Å². The molecule has 1 aliphatic carbocycles. The minimum atomic E-state index is 0.0212. The molecule has 1 heterocycles. The van der Waals surface area contributed by atoms with Crippen molar-refractivity contribution >= 4 is 22.9 Å². The number of aryl methyl sites for hydroxylation is 2. The van der Waals surface area contributed by atoms with Gasteiger partial charge in [-0.2, -0.15) is 0 Å². The summed E-state index contributed by atoms with van der Waals surface area (Å²) in [5.41, 5.74) is 12.4. The third kappa shape index (κ3) is 4.09. The van der Waals surface area contributed by atoms with E-state index >= 15 is 0 Å². The summed E-state index contributed by atoms with van der Waals surface area (Å²) in [5, 5.41) is 6.14. The topological polar surface area (TPSA) is 68.0 Å². The highest BCUT2D eigenvalue weighted by Gasteiger charge is 2.22. The summed E-state index contributed by atoms with van der Waals surface area (Å²) in [4.78, 5) is 17.3. The smallest absolute Gasteiger partial charge is 0.226 e. The van der Waals surface area contributed by atoms with Crippen molar-refractivity contribution in [1.29, 1.82) is 0 Å². The van der Waals surface area contributed by atoms with Gasteiger partial charge in [-0.15, -0.1) is 11.3 Å². The van der Waals surface area contributed by atoms with Crippen LogP contribution in [0.2, 0.25) is 0 Å². The fourth-order valence-corrected chi connectivity index (χ4v) is 4.62. The van der Waals surface area contributed by atoms with Gasteiger partial charge >= 0.3 is 0 Å². The maximum Gasteiger partial charge on any atom is 0.226 e. The van der Waals surface area contributed by atoms with Crippen LogP contribution in [0.3, 0.4) is 0 Å². The highest BCUT2D eigenvalue weighted by Crippen LogP contribution is 2.31. The molecule has 0 saturated carbocycles. The third-order valence-electron chi connectivity index (χ3n) is 5.32. The molecule has 1 amide bonds. The van der Waals surface area contributed by atoms with Gasteiger partial charge in [-0.25, -0.2) is 4.98 Å². The normalized spacial score (nSPS) is 15.8. The first-order chi connectivity index (χ1) is 13.6. The number of thiazole rings is 1. The number of hydrogen-bond donors (Lipinski definition) is 2. The SMILES string of the molecule is CCc1ccc(-c2nc(CC(=O)NC3CCCc4cc(N)ccc43)cs2)cc1. The summed E-state index contributed by atoms with van der Waals surface area (Å²) >= 11 is 1.59. The van der Waals surface area contributed by atoms with Crippen LogP contribution in [0.4, 0.5) is 5.69 Å². The number of amides is 1. The molecule has 4 rings (SSSR count). The van der Waals surface area contributed by atoms with Crippen LogP contribution in [-0.4, -0.2) is 10.9 Å². The lowest BCUT2D eigenvalue weighted by Crippen LogP contribution is -2.32. The van der Waals surface area contributed by atoms with Gasteiger partial charge in [0, 0.05) is 16.6 Å². The van der Waals surface area contributed by atoms with E-state index in [1.807, 2.05) is 17.5 Å². The van der Waals surface area contributed by atoms with E-state index in [9.17, 15) is 4.79 Å². The molecule has 3 aromatic rings. The molecule has 5 heteroatoms. The van der Waals surface area contributed by atoms with Gasteiger partial charge in [-0.3, -0.25) is 4.79 Å². The highest BCUT2D eigenvalue weighted by molar-refractivity contribution is 7.13. The second kappa shape index (κ2) is 8.15. The average Bonchev–Trinajstić information content (AvgIpc) is 3.16. The summed E-state index contributed by atoms with van der Waals surface area (Å²) < 4.78 is 0. The molecular weight excluding hydrogens is 366 g/mol. The Kier molecular flexibility index (Phi) is 5.44. The highest BCUT2D eigenvalue weighted by atomic mass is 32.1. The number of carbonyl (C=O) groups excluding carboxylic acids is 1. The van der Waals surface area contributed by atoms with Crippen LogP contribution in [0.15, 0.2) is 47.8 Å². The molecule has 0 radical (unpaired) electrons. The van der Waals surface area contributed by atoms with Gasteiger partial charge in [-0.1, -0.05) is 37.3 Å². The number of nitrogens with zero attached hydrogens (tertiary/aromatic N) is 1. The predicted molar refractivity (Wildman–Crippen MR) is 115 cm³/mol. The van der Waals surface area contributed by atoms with Crippen molar-refractivity contribution < 1.29 is 4.79 Å². The Morgan fingerprint density at radius 3 is 2.86 bits per heavy atom. The fraction of sp³-hybridized carbons (Fsp3) is 0.304. The summed E-state index contributed by atoms with van der Waals surface area (Å²) in [5.74, 6) is 0.0212. The van der Waals surface area contributed by atoms with Crippen molar-refractivity contribution in [2.45, 2.75) is 45.1 Å². The monoisotopic (exact) mass is 391 g/mol. The number of benzene rings is 2. The molecule has 0 bridgehead atoms. The third-order valence-corrected chi connectivity index (χ3v) is 6.26. The van der Waals surface area contributed by atoms with Crippen LogP contribution in [0, 0.1) is 0 Å². The minimum Gasteiger partial charge on any atom is -0.399 e. The van der Waals surface area contributed by atoms with E-state index in [2.05, 4.69) is 47.6 Å². The van der Waals surface area contributed by atoms with Gasteiger partial charge < -0.3 is 11.1 Å². The molecule has 4 nitrogen and oxygen atoms in total. The number of nitrogen functional groups attached to an aromatic ring is 1. The van der Waals surface area contributed by atoms with Crippen molar-refractivity contribution in [2.75, 3.05) is 5.73 Å². The van der Waals surface area contributed by atoms with E-state index in [-0.39, 0.29) is 11.9 Å². The molecule has 2 aromatic carbocycles. The average molecular weight is 392 g/mol. The van der Waals surface area contributed by atoms with E-state index in [0.29, 0.717) is 6.42 Å². The standard InChI is InChI=1S/C23H25N3OS/c1-2-15-6-8-16(9-7-15)23-25-19(14-28-23)13-22(27)26-21-5-3-4-17-12-18(24)10-11-20(17)21/h6-12,14,21H,2-5,13,24H2,1H3,(H,26,27). The maximum atomic E-state index is 12.6. The predicted octanol–water partition coefficient (Wildman–Crippen LogP) is 4.69. The van der Waals surface area contributed by atoms with Crippen molar-refractivity contribution in [2.24, 2.45) is 0 Å². The van der Waals surface area contributed by atoms with Crippen LogP contribution < -0.4 is 11.1 Å². The Morgan fingerprint density at radius 1 is 1.25 bits per heavy atom. The molecule has 0 saturated heterocycles. The number of aromatic nitrogens is 1. The Bertz CT molecular complexity index is 978. The molecule has 1 unspecified atom stereocenters. The Morgan fingerprint density at radius 2 is 2.07 bits per heavy atom. The zero-order chi connectivity index (χ0) is 19.5. The van der Waals surface area contributed by atoms with Gasteiger partial charge in [0.05, 0.1) is 18.2 Å². The van der Waals surface area contributed by atoms with Gasteiger partial charge in [0.25, 0.3) is 0 Å². The molecular formula is C23H25N3OS. The summed E-state index contributed by atoms with van der Waals surface area (Å²) in [6.07, 6.45) is 4.40. The molecule has 0 fully saturated rings. The largest absolute Gasteiger partial charge is 0.399 e. The molecule has 3 N–H and O–H groups in total. The van der Waals surface area contributed by atoms with Gasteiger partial charge in [0.2, 0.25) is 5.91 Å². The van der Waals surface area contributed by atoms with Gasteiger partial charge in [0.15, 0.2) is 0 Å². The molecule has 1 aromatic heterocycles. The van der Waals surface area contributed by atoms with Gasteiger partial charge in [-0.05, 0) is 54.5 Å². The summed E-state index contributed by atoms with van der Waals surface area (Å²) in [6.45, 7) is 2.15. The molecule has 0 spiro atoms. The van der Waals surface area contributed by atoms with Gasteiger partial charge in [0.1, 0.15) is 5.01 Å². The second-order valence-corrected chi connectivity index (χ2v) is 8.20. The second-order valence-electron chi connectivity index (χ2n) is 7.34. The first kappa shape index (κ1) is 18.7. The first-order valence-electron chi connectivity index (χ1n) is 9.83. The maximum absolute atomic E-state index is 12.6. The molecule has 1 atom stereocenters. The lowest BCUT2D eigenvalue weighted by atomic mass is 9.87. The van der Waals surface area contributed by atoms with Crippen LogP contribution >= 0.6 is 11.3 Å². The van der Waals surface area contributed by atoms with Crippen molar-refractivity contribution in [3.63, 3.8) is 0 Å². The summed E-state index contributed by atoms with van der Waals surface area (Å²) in [6, 6.07) is 14.5. The molecule has 28 heavy (non-hydrogen) atoms.